The van der Waals surface area contributed by atoms with Gasteiger partial charge >= 0.3 is 0 Å². The van der Waals surface area contributed by atoms with Gasteiger partial charge in [0.05, 0.1) is 10.9 Å². The van der Waals surface area contributed by atoms with Gasteiger partial charge in [-0.3, -0.25) is 4.79 Å². The molecule has 1 aromatic carbocycles. The smallest absolute Gasteiger partial charge is 0.241 e. The van der Waals surface area contributed by atoms with Crippen LogP contribution < -0.4 is 16.2 Å². The number of benzene rings is 1. The van der Waals surface area contributed by atoms with Crippen molar-refractivity contribution >= 4 is 21.6 Å². The van der Waals surface area contributed by atoms with Crippen LogP contribution >= 0.6 is 0 Å². The van der Waals surface area contributed by atoms with E-state index in [0.717, 1.165) is 6.42 Å². The molecule has 0 aliphatic carbocycles. The summed E-state index contributed by atoms with van der Waals surface area (Å²) in [5, 5.41) is 7.61. The lowest BCUT2D eigenvalue weighted by Crippen LogP contribution is -2.40. The summed E-state index contributed by atoms with van der Waals surface area (Å²) < 4.78 is 22.1. The van der Waals surface area contributed by atoms with Gasteiger partial charge in [-0.05, 0) is 30.2 Å². The molecule has 0 aliphatic heterocycles. The van der Waals surface area contributed by atoms with E-state index >= 15 is 0 Å². The first-order chi connectivity index (χ1) is 8.75. The summed E-state index contributed by atoms with van der Waals surface area (Å²) in [5.41, 5.74) is 6.27. The molecular formula is C12H19N3O3S. The van der Waals surface area contributed by atoms with Crippen LogP contribution in [0.3, 0.4) is 0 Å². The quantitative estimate of drug-likeness (QED) is 0.736. The lowest BCUT2D eigenvalue weighted by atomic mass is 9.99. The maximum Gasteiger partial charge on any atom is 0.241 e. The van der Waals surface area contributed by atoms with Crippen molar-refractivity contribution in [3.05, 3.63) is 24.3 Å². The molecule has 106 valence electrons. The van der Waals surface area contributed by atoms with Gasteiger partial charge in [0.15, 0.2) is 0 Å². The minimum Gasteiger partial charge on any atom is -0.325 e. The highest BCUT2D eigenvalue weighted by Crippen LogP contribution is 2.14. The van der Waals surface area contributed by atoms with Crippen molar-refractivity contribution in [2.75, 3.05) is 5.32 Å². The molecule has 0 heterocycles. The number of primary sulfonamides is 1. The highest BCUT2D eigenvalue weighted by atomic mass is 32.2. The molecule has 2 unspecified atom stereocenters. The molecular weight excluding hydrogens is 266 g/mol. The van der Waals surface area contributed by atoms with Crippen LogP contribution in [0.4, 0.5) is 5.69 Å². The van der Waals surface area contributed by atoms with Crippen LogP contribution in [-0.4, -0.2) is 20.4 Å². The predicted octanol–water partition coefficient (Wildman–Crippen LogP) is 0.646. The SMILES string of the molecule is CCC(C)C(N)C(=O)Nc1ccc(S(N)(=O)=O)cc1. The van der Waals surface area contributed by atoms with Crippen LogP contribution in [0, 0.1) is 5.92 Å². The summed E-state index contributed by atoms with van der Waals surface area (Å²) in [6.45, 7) is 3.85. The van der Waals surface area contributed by atoms with E-state index in [0.29, 0.717) is 5.69 Å². The van der Waals surface area contributed by atoms with Gasteiger partial charge in [0.25, 0.3) is 0 Å². The van der Waals surface area contributed by atoms with Crippen molar-refractivity contribution in [3.8, 4) is 0 Å². The molecule has 0 aliphatic rings. The first-order valence-electron chi connectivity index (χ1n) is 5.95. The van der Waals surface area contributed by atoms with Crippen molar-refractivity contribution in [2.24, 2.45) is 16.8 Å². The zero-order valence-electron chi connectivity index (χ0n) is 11.0. The van der Waals surface area contributed by atoms with Crippen molar-refractivity contribution in [1.29, 1.82) is 0 Å². The third kappa shape index (κ3) is 4.30. The van der Waals surface area contributed by atoms with Gasteiger partial charge in [0, 0.05) is 5.69 Å². The number of hydrogen-bond donors (Lipinski definition) is 3. The lowest BCUT2D eigenvalue weighted by molar-refractivity contribution is -0.118. The van der Waals surface area contributed by atoms with Crippen LogP contribution in [0.1, 0.15) is 20.3 Å². The van der Waals surface area contributed by atoms with Crippen LogP contribution in [0.2, 0.25) is 0 Å². The Bertz CT molecular complexity index is 540. The van der Waals surface area contributed by atoms with Crippen molar-refractivity contribution in [1.82, 2.24) is 0 Å². The topological polar surface area (TPSA) is 115 Å². The number of rotatable bonds is 5. The minimum atomic E-state index is -3.72. The number of anilines is 1. The molecule has 0 aromatic heterocycles. The van der Waals surface area contributed by atoms with Gasteiger partial charge in [-0.25, -0.2) is 13.6 Å². The molecule has 19 heavy (non-hydrogen) atoms. The summed E-state index contributed by atoms with van der Waals surface area (Å²) >= 11 is 0. The normalized spacial score (nSPS) is 14.7. The van der Waals surface area contributed by atoms with Crippen molar-refractivity contribution in [2.45, 2.75) is 31.2 Å². The Morgan fingerprint density at radius 1 is 1.32 bits per heavy atom. The molecule has 0 saturated heterocycles. The van der Waals surface area contributed by atoms with E-state index in [1.54, 1.807) is 0 Å². The number of amides is 1. The third-order valence-electron chi connectivity index (χ3n) is 3.01. The summed E-state index contributed by atoms with van der Waals surface area (Å²) in [7, 11) is -3.72. The van der Waals surface area contributed by atoms with Gasteiger partial charge in [-0.1, -0.05) is 20.3 Å². The maximum absolute atomic E-state index is 11.8. The molecule has 6 nitrogen and oxygen atoms in total. The zero-order valence-corrected chi connectivity index (χ0v) is 11.8. The Morgan fingerprint density at radius 2 is 1.84 bits per heavy atom. The van der Waals surface area contributed by atoms with Crippen molar-refractivity contribution in [3.63, 3.8) is 0 Å². The summed E-state index contributed by atoms with van der Waals surface area (Å²) in [6, 6.07) is 5.02. The summed E-state index contributed by atoms with van der Waals surface area (Å²) in [5.74, 6) is -0.221. The van der Waals surface area contributed by atoms with Gasteiger partial charge < -0.3 is 11.1 Å². The average Bonchev–Trinajstić information content (AvgIpc) is 2.36. The largest absolute Gasteiger partial charge is 0.325 e. The molecule has 0 bridgehead atoms. The van der Waals surface area contributed by atoms with E-state index in [4.69, 9.17) is 10.9 Å². The Hall–Kier alpha value is -1.44. The van der Waals surface area contributed by atoms with Gasteiger partial charge in [-0.2, -0.15) is 0 Å². The first kappa shape index (κ1) is 15.6. The van der Waals surface area contributed by atoms with E-state index in [-0.39, 0.29) is 16.7 Å². The summed E-state index contributed by atoms with van der Waals surface area (Å²) in [4.78, 5) is 11.8. The Labute approximate surface area is 113 Å². The number of nitrogens with one attached hydrogen (secondary N) is 1. The number of nitrogens with two attached hydrogens (primary N) is 2. The van der Waals surface area contributed by atoms with Crippen LogP contribution in [-0.2, 0) is 14.8 Å². The number of carbonyl (C=O) groups is 1. The fourth-order valence-corrected chi connectivity index (χ4v) is 1.98. The van der Waals surface area contributed by atoms with Gasteiger partial charge in [0.1, 0.15) is 0 Å². The van der Waals surface area contributed by atoms with E-state index < -0.39 is 16.1 Å². The second-order valence-electron chi connectivity index (χ2n) is 4.47. The first-order valence-corrected chi connectivity index (χ1v) is 7.49. The number of sulfonamides is 1. The van der Waals surface area contributed by atoms with E-state index in [9.17, 15) is 13.2 Å². The number of hydrogen-bond acceptors (Lipinski definition) is 4. The number of carbonyl (C=O) groups excluding carboxylic acids is 1. The molecule has 2 atom stereocenters. The molecule has 1 rings (SSSR count). The average molecular weight is 285 g/mol. The fourth-order valence-electron chi connectivity index (χ4n) is 1.47. The monoisotopic (exact) mass is 285 g/mol. The Balaban J connectivity index is 2.76. The van der Waals surface area contributed by atoms with E-state index in [2.05, 4.69) is 5.32 Å². The third-order valence-corrected chi connectivity index (χ3v) is 3.94. The van der Waals surface area contributed by atoms with Crippen LogP contribution in [0.5, 0.6) is 0 Å². The maximum atomic E-state index is 11.8. The highest BCUT2D eigenvalue weighted by Gasteiger charge is 2.19. The van der Waals surface area contributed by atoms with Crippen LogP contribution in [0.15, 0.2) is 29.2 Å². The molecule has 5 N–H and O–H groups in total. The van der Waals surface area contributed by atoms with Gasteiger partial charge in [-0.15, -0.1) is 0 Å². The Morgan fingerprint density at radius 3 is 2.26 bits per heavy atom. The van der Waals surface area contributed by atoms with E-state index in [1.165, 1.54) is 24.3 Å². The minimum absolute atomic E-state index is 0.00303. The second kappa shape index (κ2) is 6.14. The fraction of sp³-hybridized carbons (Fsp3) is 0.417. The molecule has 0 spiro atoms. The molecule has 0 saturated carbocycles. The van der Waals surface area contributed by atoms with E-state index in [1.807, 2.05) is 13.8 Å². The molecule has 1 amide bonds. The van der Waals surface area contributed by atoms with Crippen LogP contribution in [0.25, 0.3) is 0 Å². The molecule has 1 aromatic rings. The standard InChI is InChI=1S/C12H19N3O3S/c1-3-8(2)11(13)12(16)15-9-4-6-10(7-5-9)19(14,17)18/h4-8,11H,3,13H2,1-2H3,(H,15,16)(H2,14,17,18). The molecule has 0 fully saturated rings. The van der Waals surface area contributed by atoms with Gasteiger partial charge in [0.2, 0.25) is 15.9 Å². The second-order valence-corrected chi connectivity index (χ2v) is 6.03. The summed E-state index contributed by atoms with van der Waals surface area (Å²) in [6.07, 6.45) is 0.805. The zero-order chi connectivity index (χ0) is 14.6. The van der Waals surface area contributed by atoms with Crippen molar-refractivity contribution < 1.29 is 13.2 Å². The lowest BCUT2D eigenvalue weighted by Gasteiger charge is -2.17. The molecule has 7 heteroatoms. The highest BCUT2D eigenvalue weighted by molar-refractivity contribution is 7.89. The molecule has 0 radical (unpaired) electrons. The Kier molecular flexibility index (Phi) is 5.04. The predicted molar refractivity (Wildman–Crippen MR) is 73.9 cm³/mol.